The van der Waals surface area contributed by atoms with Gasteiger partial charge < -0.3 is 24.8 Å². The van der Waals surface area contributed by atoms with Gasteiger partial charge in [-0.2, -0.15) is 6.08 Å². The van der Waals surface area contributed by atoms with Crippen LogP contribution in [0.4, 0.5) is 0 Å². The molecule has 0 atom stereocenters. The zero-order valence-electron chi connectivity index (χ0n) is 15.7. The molecule has 0 saturated heterocycles. The van der Waals surface area contributed by atoms with Gasteiger partial charge in [-0.3, -0.25) is 6.08 Å². The molecule has 2 aromatic rings. The summed E-state index contributed by atoms with van der Waals surface area (Å²) in [6, 6.07) is 22.0. The fourth-order valence-electron chi connectivity index (χ4n) is 2.43. The van der Waals surface area contributed by atoms with Crippen LogP contribution in [0.3, 0.4) is 0 Å². The third kappa shape index (κ3) is 12.0. The molecule has 0 saturated carbocycles. The average Bonchev–Trinajstić information content (AvgIpc) is 3.01. The number of benzene rings is 2. The van der Waals surface area contributed by atoms with E-state index in [1.165, 1.54) is 22.7 Å². The zero-order chi connectivity index (χ0) is 16.5. The van der Waals surface area contributed by atoms with Crippen molar-refractivity contribution in [2.75, 3.05) is 0 Å². The second-order valence-corrected chi connectivity index (χ2v) is 12.5. The largest absolute Gasteiger partial charge is 4.00 e. The van der Waals surface area contributed by atoms with Crippen molar-refractivity contribution in [1.29, 1.82) is 0 Å². The molecule has 3 rings (SSSR count). The molecule has 136 valence electrons. The van der Waals surface area contributed by atoms with Crippen molar-refractivity contribution in [2.45, 2.75) is 32.1 Å². The van der Waals surface area contributed by atoms with E-state index >= 15 is 0 Å². The summed E-state index contributed by atoms with van der Waals surface area (Å²) < 4.78 is 0. The van der Waals surface area contributed by atoms with Crippen LogP contribution in [-0.2, 0) is 26.2 Å². The fourth-order valence-corrected chi connectivity index (χ4v) is 3.82. The number of hydrogen-bond acceptors (Lipinski definition) is 0. The Morgan fingerprint density at radius 1 is 0.846 bits per heavy atom. The van der Waals surface area contributed by atoms with Gasteiger partial charge in [0.05, 0.1) is 0 Å². The molecule has 0 unspecified atom stereocenters. The van der Waals surface area contributed by atoms with Gasteiger partial charge in [0.1, 0.15) is 0 Å². The van der Waals surface area contributed by atoms with Crippen LogP contribution in [0.5, 0.6) is 0 Å². The van der Waals surface area contributed by atoms with Gasteiger partial charge in [0.25, 0.3) is 0 Å². The van der Waals surface area contributed by atoms with Crippen LogP contribution >= 0.6 is 0 Å². The van der Waals surface area contributed by atoms with Gasteiger partial charge in [-0.1, -0.05) is 62.1 Å². The van der Waals surface area contributed by atoms with Crippen molar-refractivity contribution in [2.24, 2.45) is 0 Å². The standard InChI is InChI=1S/C13H11.C9H15Si.2ClH.Zr/c1-3-7-12(8-4-1)11-13-9-5-2-6-10-13;1-10(2,3)8-9-6-4-5-7-9;;;/h1-11H;4,6H,5,8H2,1-3H3;2*1H;/q2*-1;;;+4/p-2. The summed E-state index contributed by atoms with van der Waals surface area (Å²) >= 11 is 0. The van der Waals surface area contributed by atoms with Crippen molar-refractivity contribution in [3.63, 3.8) is 0 Å². The van der Waals surface area contributed by atoms with E-state index in [1.807, 2.05) is 12.1 Å². The van der Waals surface area contributed by atoms with Crippen LogP contribution < -0.4 is 24.8 Å². The molecule has 2 aromatic carbocycles. The molecule has 0 spiro atoms. The van der Waals surface area contributed by atoms with Crippen molar-refractivity contribution >= 4 is 8.07 Å². The predicted octanol–water partition coefficient (Wildman–Crippen LogP) is 0.307. The second-order valence-electron chi connectivity index (χ2n) is 7.01. The van der Waals surface area contributed by atoms with E-state index in [0.29, 0.717) is 0 Å². The minimum absolute atomic E-state index is 0. The van der Waals surface area contributed by atoms with Gasteiger partial charge >= 0.3 is 26.2 Å². The quantitative estimate of drug-likeness (QED) is 0.437. The van der Waals surface area contributed by atoms with Gasteiger partial charge in [0.2, 0.25) is 0 Å². The third-order valence-electron chi connectivity index (χ3n) is 3.42. The van der Waals surface area contributed by atoms with Crippen LogP contribution in [0, 0.1) is 12.5 Å². The van der Waals surface area contributed by atoms with Crippen LogP contribution in [0.15, 0.2) is 78.4 Å². The Morgan fingerprint density at radius 3 is 1.65 bits per heavy atom. The maximum atomic E-state index is 3.35. The third-order valence-corrected chi connectivity index (χ3v) is 4.86. The van der Waals surface area contributed by atoms with Crippen LogP contribution in [-0.4, -0.2) is 8.07 Å². The molecule has 0 aliphatic heterocycles. The molecule has 0 aromatic heterocycles. The molecule has 4 heteroatoms. The van der Waals surface area contributed by atoms with Crippen molar-refractivity contribution in [3.05, 3.63) is 102 Å². The number of allylic oxidation sites excluding steroid dienone is 4. The number of rotatable bonds is 4. The summed E-state index contributed by atoms with van der Waals surface area (Å²) in [5.41, 5.74) is 3.93. The molecule has 0 radical (unpaired) electrons. The Labute approximate surface area is 192 Å². The number of hydrogen-bond donors (Lipinski definition) is 0. The van der Waals surface area contributed by atoms with E-state index in [-0.39, 0.29) is 51.0 Å². The summed E-state index contributed by atoms with van der Waals surface area (Å²) in [4.78, 5) is 0. The SMILES string of the molecule is C[Si](C)(C)CC1=[C-]CC=C1.[Cl-].[Cl-].[Zr+4].c1ccc([CH-]c2ccccc2)cc1. The minimum atomic E-state index is -0.873. The van der Waals surface area contributed by atoms with E-state index in [4.69, 9.17) is 0 Å². The molecule has 0 heterocycles. The Bertz CT molecular complexity index is 609. The van der Waals surface area contributed by atoms with E-state index < -0.39 is 8.07 Å². The maximum absolute atomic E-state index is 3.35. The monoisotopic (exact) mass is 478 g/mol. The van der Waals surface area contributed by atoms with E-state index in [9.17, 15) is 0 Å². The molecule has 0 amide bonds. The van der Waals surface area contributed by atoms with Crippen molar-refractivity contribution in [3.8, 4) is 0 Å². The molecule has 0 nitrogen and oxygen atoms in total. The topological polar surface area (TPSA) is 0 Å². The summed E-state index contributed by atoms with van der Waals surface area (Å²) in [7, 11) is -0.873. The first-order valence-electron chi connectivity index (χ1n) is 8.24. The van der Waals surface area contributed by atoms with Gasteiger partial charge in [-0.25, -0.2) is 11.6 Å². The molecular weight excluding hydrogens is 454 g/mol. The smallest absolute Gasteiger partial charge is 1.00 e. The fraction of sp³-hybridized carbons (Fsp3) is 0.227. The second kappa shape index (κ2) is 14.5. The Hall–Kier alpha value is -0.530. The summed E-state index contributed by atoms with van der Waals surface area (Å²) in [5, 5.41) is 0. The van der Waals surface area contributed by atoms with Crippen LogP contribution in [0.25, 0.3) is 0 Å². The van der Waals surface area contributed by atoms with E-state index in [2.05, 4.69) is 92.8 Å². The average molecular weight is 481 g/mol. The van der Waals surface area contributed by atoms with Gasteiger partial charge in [-0.15, -0.1) is 48.2 Å². The van der Waals surface area contributed by atoms with Crippen LogP contribution in [0.2, 0.25) is 25.7 Å². The van der Waals surface area contributed by atoms with E-state index in [1.54, 1.807) is 0 Å². The molecule has 1 aliphatic carbocycles. The summed E-state index contributed by atoms with van der Waals surface area (Å²) in [5.74, 6) is 0. The van der Waals surface area contributed by atoms with Crippen LogP contribution in [0.1, 0.15) is 17.5 Å². The molecular formula is C22H26Cl2SiZr. The van der Waals surface area contributed by atoms with Gasteiger partial charge in [0, 0.05) is 8.07 Å². The van der Waals surface area contributed by atoms with Gasteiger partial charge in [-0.05, 0) is 0 Å². The predicted molar refractivity (Wildman–Crippen MR) is 104 cm³/mol. The molecule has 26 heavy (non-hydrogen) atoms. The van der Waals surface area contributed by atoms with Gasteiger partial charge in [0.15, 0.2) is 0 Å². The van der Waals surface area contributed by atoms with Crippen molar-refractivity contribution in [1.82, 2.24) is 0 Å². The molecule has 0 fully saturated rings. The Kier molecular flexibility index (Phi) is 15.5. The molecule has 1 aliphatic rings. The Morgan fingerprint density at radius 2 is 1.31 bits per heavy atom. The number of halogens is 2. The maximum Gasteiger partial charge on any atom is 4.00 e. The summed E-state index contributed by atoms with van der Waals surface area (Å²) in [6.45, 7) is 7.19. The first-order chi connectivity index (χ1) is 11.0. The Balaban J connectivity index is 0. The van der Waals surface area contributed by atoms with E-state index in [0.717, 1.165) is 6.42 Å². The minimum Gasteiger partial charge on any atom is -1.00 e. The first-order valence-corrected chi connectivity index (χ1v) is 11.9. The molecule has 0 bridgehead atoms. The summed E-state index contributed by atoms with van der Waals surface area (Å²) in [6.07, 6.45) is 11.0. The van der Waals surface area contributed by atoms with Crippen molar-refractivity contribution < 1.29 is 51.0 Å². The first kappa shape index (κ1) is 27.7. The molecule has 0 N–H and O–H groups in total. The zero-order valence-corrected chi connectivity index (χ0v) is 20.6. The normalized spacial score (nSPS) is 11.6.